The fourth-order valence-corrected chi connectivity index (χ4v) is 3.98. The van der Waals surface area contributed by atoms with Crippen molar-refractivity contribution in [3.63, 3.8) is 0 Å². The van der Waals surface area contributed by atoms with Crippen LogP contribution in [-0.2, 0) is 18.5 Å². The molecule has 0 amide bonds. The highest BCUT2D eigenvalue weighted by Crippen LogP contribution is 2.24. The van der Waals surface area contributed by atoms with Gasteiger partial charge in [-0.15, -0.1) is 0 Å². The Hall–Kier alpha value is -3.64. The first-order chi connectivity index (χ1) is 16.9. The Labute approximate surface area is 212 Å². The van der Waals surface area contributed by atoms with Crippen molar-refractivity contribution in [3.8, 4) is 5.75 Å². The molecule has 0 saturated heterocycles. The molecule has 5 nitrogen and oxygen atoms in total. The fraction of sp³-hybridized carbons (Fsp3) is 0.241. The van der Waals surface area contributed by atoms with Gasteiger partial charge in [-0.1, -0.05) is 81.4 Å². The van der Waals surface area contributed by atoms with Crippen LogP contribution < -0.4 is 15.5 Å². The molecule has 1 aromatic heterocycles. The van der Waals surface area contributed by atoms with E-state index in [1.54, 1.807) is 6.21 Å². The minimum Gasteiger partial charge on any atom is -0.492 e. The van der Waals surface area contributed by atoms with E-state index in [0.29, 0.717) is 18.3 Å². The van der Waals surface area contributed by atoms with Gasteiger partial charge >= 0.3 is 0 Å². The van der Waals surface area contributed by atoms with E-state index in [-0.39, 0.29) is 5.41 Å². The molecular weight excluding hydrogens is 452 g/mol. The number of fused-ring (bicyclic) bond motifs is 1. The van der Waals surface area contributed by atoms with Crippen LogP contribution in [0.3, 0.4) is 0 Å². The lowest BCUT2D eigenvalue weighted by Crippen LogP contribution is -2.31. The molecule has 0 aliphatic heterocycles. The van der Waals surface area contributed by atoms with E-state index >= 15 is 0 Å². The molecule has 0 aliphatic carbocycles. The quantitative estimate of drug-likeness (QED) is 0.183. The second-order valence-electron chi connectivity index (χ2n) is 9.46. The second-order valence-corrected chi connectivity index (χ2v) is 9.86. The Morgan fingerprint density at radius 2 is 1.69 bits per heavy atom. The smallest absolute Gasteiger partial charge is 0.187 e. The van der Waals surface area contributed by atoms with Crippen LogP contribution >= 0.6 is 12.2 Å². The van der Waals surface area contributed by atoms with E-state index < -0.39 is 0 Å². The SMILES string of the molecule is CC(C)(C)c1ccc(OCCn2cc(C=NNC(=S)NCc3ccccc3)c3ccccc32)cc1. The van der Waals surface area contributed by atoms with Gasteiger partial charge in [-0.05, 0) is 47.0 Å². The summed E-state index contributed by atoms with van der Waals surface area (Å²) in [7, 11) is 0. The Morgan fingerprint density at radius 3 is 2.43 bits per heavy atom. The fourth-order valence-electron chi connectivity index (χ4n) is 3.85. The highest BCUT2D eigenvalue weighted by Gasteiger charge is 2.13. The zero-order chi connectivity index (χ0) is 24.7. The second kappa shape index (κ2) is 11.2. The maximum absolute atomic E-state index is 6.02. The minimum atomic E-state index is 0.136. The number of hydrazone groups is 1. The molecule has 4 aromatic rings. The number of hydrogen-bond donors (Lipinski definition) is 2. The largest absolute Gasteiger partial charge is 0.492 e. The van der Waals surface area contributed by atoms with Crippen molar-refractivity contribution >= 4 is 34.4 Å². The summed E-state index contributed by atoms with van der Waals surface area (Å²) in [6, 6.07) is 26.8. The van der Waals surface area contributed by atoms with Gasteiger partial charge in [0.15, 0.2) is 5.11 Å². The van der Waals surface area contributed by atoms with Crippen molar-refractivity contribution < 1.29 is 4.74 Å². The van der Waals surface area contributed by atoms with Gasteiger partial charge in [0, 0.05) is 29.2 Å². The monoisotopic (exact) mass is 484 g/mol. The zero-order valence-electron chi connectivity index (χ0n) is 20.5. The summed E-state index contributed by atoms with van der Waals surface area (Å²) in [6.45, 7) is 8.61. The number of aromatic nitrogens is 1. The van der Waals surface area contributed by atoms with Crippen molar-refractivity contribution in [2.24, 2.45) is 5.10 Å². The van der Waals surface area contributed by atoms with Gasteiger partial charge in [0.25, 0.3) is 0 Å². The minimum absolute atomic E-state index is 0.136. The Morgan fingerprint density at radius 1 is 0.971 bits per heavy atom. The number of rotatable bonds is 8. The van der Waals surface area contributed by atoms with Gasteiger partial charge in [-0.2, -0.15) is 5.10 Å². The first kappa shape index (κ1) is 24.5. The topological polar surface area (TPSA) is 50.6 Å². The van der Waals surface area contributed by atoms with Crippen LogP contribution in [0.2, 0.25) is 0 Å². The molecule has 0 spiro atoms. The normalized spacial score (nSPS) is 11.6. The zero-order valence-corrected chi connectivity index (χ0v) is 21.3. The third-order valence-electron chi connectivity index (χ3n) is 5.81. The van der Waals surface area contributed by atoms with Crippen molar-refractivity contribution in [2.75, 3.05) is 6.61 Å². The van der Waals surface area contributed by atoms with Crippen molar-refractivity contribution in [1.29, 1.82) is 0 Å². The summed E-state index contributed by atoms with van der Waals surface area (Å²) in [5.74, 6) is 0.886. The summed E-state index contributed by atoms with van der Waals surface area (Å²) >= 11 is 5.34. The molecule has 1 heterocycles. The maximum Gasteiger partial charge on any atom is 0.187 e. The van der Waals surface area contributed by atoms with E-state index in [4.69, 9.17) is 17.0 Å². The standard InChI is InChI=1S/C29H32N4OS/c1-29(2,3)24-13-15-25(16-14-24)34-18-17-33-21-23(26-11-7-8-12-27(26)33)20-31-32-28(35)30-19-22-9-5-4-6-10-22/h4-16,20-21H,17-19H2,1-3H3,(H2,30,32,35). The third kappa shape index (κ3) is 6.70. The molecule has 0 saturated carbocycles. The summed E-state index contributed by atoms with van der Waals surface area (Å²) in [6.07, 6.45) is 3.91. The molecule has 0 fully saturated rings. The highest BCUT2D eigenvalue weighted by atomic mass is 32.1. The summed E-state index contributed by atoms with van der Waals surface area (Å²) in [5.41, 5.74) is 7.68. The molecule has 2 N–H and O–H groups in total. The van der Waals surface area contributed by atoms with Crippen LogP contribution in [0.4, 0.5) is 0 Å². The number of nitrogens with zero attached hydrogens (tertiary/aromatic N) is 2. The molecule has 180 valence electrons. The molecule has 3 aromatic carbocycles. The van der Waals surface area contributed by atoms with Gasteiger partial charge in [0.2, 0.25) is 0 Å². The summed E-state index contributed by atoms with van der Waals surface area (Å²) in [5, 5.41) is 9.14. The van der Waals surface area contributed by atoms with E-state index in [9.17, 15) is 0 Å². The molecule has 4 rings (SSSR count). The lowest BCUT2D eigenvalue weighted by molar-refractivity contribution is 0.300. The van der Waals surface area contributed by atoms with Crippen LogP contribution in [-0.4, -0.2) is 22.5 Å². The first-order valence-electron chi connectivity index (χ1n) is 11.8. The number of benzene rings is 3. The van der Waals surface area contributed by atoms with Crippen LogP contribution in [0, 0.1) is 0 Å². The molecular formula is C29H32N4OS. The third-order valence-corrected chi connectivity index (χ3v) is 6.04. The van der Waals surface area contributed by atoms with Gasteiger partial charge in [-0.25, -0.2) is 0 Å². The van der Waals surface area contributed by atoms with Crippen molar-refractivity contribution in [3.05, 3.63) is 102 Å². The summed E-state index contributed by atoms with van der Waals surface area (Å²) < 4.78 is 8.22. The number of para-hydroxylation sites is 1. The number of hydrogen-bond acceptors (Lipinski definition) is 3. The predicted octanol–water partition coefficient (Wildman–Crippen LogP) is 6.02. The molecule has 0 aliphatic rings. The van der Waals surface area contributed by atoms with E-state index in [0.717, 1.165) is 34.3 Å². The van der Waals surface area contributed by atoms with E-state index in [1.165, 1.54) is 5.56 Å². The van der Waals surface area contributed by atoms with Gasteiger partial charge < -0.3 is 14.6 Å². The lowest BCUT2D eigenvalue weighted by Gasteiger charge is -2.19. The van der Waals surface area contributed by atoms with E-state index in [2.05, 4.69) is 83.8 Å². The van der Waals surface area contributed by atoms with Crippen molar-refractivity contribution in [2.45, 2.75) is 39.3 Å². The maximum atomic E-state index is 6.02. The average Bonchev–Trinajstić information content (AvgIpc) is 3.21. The Kier molecular flexibility index (Phi) is 7.83. The Balaban J connectivity index is 1.35. The van der Waals surface area contributed by atoms with Crippen LogP contribution in [0.15, 0.2) is 90.2 Å². The first-order valence-corrected chi connectivity index (χ1v) is 12.2. The number of ether oxygens (including phenoxy) is 1. The van der Waals surface area contributed by atoms with Gasteiger partial charge in [-0.3, -0.25) is 5.43 Å². The average molecular weight is 485 g/mol. The molecule has 35 heavy (non-hydrogen) atoms. The van der Waals surface area contributed by atoms with Crippen molar-refractivity contribution in [1.82, 2.24) is 15.3 Å². The lowest BCUT2D eigenvalue weighted by atomic mass is 9.87. The number of nitrogens with one attached hydrogen (secondary N) is 2. The van der Waals surface area contributed by atoms with Gasteiger partial charge in [0.1, 0.15) is 12.4 Å². The predicted molar refractivity (Wildman–Crippen MR) is 149 cm³/mol. The molecule has 0 unspecified atom stereocenters. The molecule has 0 radical (unpaired) electrons. The van der Waals surface area contributed by atoms with E-state index in [1.807, 2.05) is 42.5 Å². The van der Waals surface area contributed by atoms with Crippen LogP contribution in [0.1, 0.15) is 37.5 Å². The van der Waals surface area contributed by atoms with Crippen LogP contribution in [0.25, 0.3) is 10.9 Å². The molecule has 0 atom stereocenters. The van der Waals surface area contributed by atoms with Gasteiger partial charge in [0.05, 0.1) is 12.8 Å². The molecule has 0 bridgehead atoms. The molecule has 6 heteroatoms. The number of thiocarbonyl (C=S) groups is 1. The highest BCUT2D eigenvalue weighted by molar-refractivity contribution is 7.80. The Bertz CT molecular complexity index is 1290. The van der Waals surface area contributed by atoms with Crippen LogP contribution in [0.5, 0.6) is 5.75 Å². The summed E-state index contributed by atoms with van der Waals surface area (Å²) in [4.78, 5) is 0.